The molecule has 0 spiro atoms. The standard InChI is InChI=1S/C24H26F3N3O2S/c1-16-14-20-21(15-17(16)2)33-23(28-20)30(9-3-8-29-10-12-32-13-11-29)22(31)18-4-6-19(7-5-18)24(25,26)27/h4-7,14-15H,3,8-13H2,1-2H3. The van der Waals surface area contributed by atoms with Crippen LogP contribution in [0.5, 0.6) is 0 Å². The van der Waals surface area contributed by atoms with E-state index in [0.717, 1.165) is 59.5 Å². The molecule has 1 amide bonds. The molecule has 1 fully saturated rings. The Hall–Kier alpha value is -2.49. The van der Waals surface area contributed by atoms with Crippen molar-refractivity contribution in [1.82, 2.24) is 9.88 Å². The fourth-order valence-electron chi connectivity index (χ4n) is 3.80. The van der Waals surface area contributed by atoms with Gasteiger partial charge in [0.25, 0.3) is 5.91 Å². The van der Waals surface area contributed by atoms with Gasteiger partial charge in [0.15, 0.2) is 5.13 Å². The number of amides is 1. The van der Waals surface area contributed by atoms with Crippen LogP contribution >= 0.6 is 11.3 Å². The van der Waals surface area contributed by atoms with Crippen molar-refractivity contribution in [3.8, 4) is 0 Å². The number of ether oxygens (including phenoxy) is 1. The smallest absolute Gasteiger partial charge is 0.379 e. The molecule has 9 heteroatoms. The normalized spacial score (nSPS) is 15.2. The molecule has 0 atom stereocenters. The number of hydrogen-bond acceptors (Lipinski definition) is 5. The van der Waals surface area contributed by atoms with E-state index in [2.05, 4.69) is 11.0 Å². The van der Waals surface area contributed by atoms with Gasteiger partial charge in [0.05, 0.1) is 29.0 Å². The van der Waals surface area contributed by atoms with Crippen molar-refractivity contribution < 1.29 is 22.7 Å². The molecule has 0 N–H and O–H groups in total. The largest absolute Gasteiger partial charge is 0.416 e. The van der Waals surface area contributed by atoms with Gasteiger partial charge in [-0.1, -0.05) is 11.3 Å². The van der Waals surface area contributed by atoms with Crippen LogP contribution in [0.2, 0.25) is 0 Å². The van der Waals surface area contributed by atoms with Crippen LogP contribution in [-0.4, -0.2) is 55.2 Å². The Morgan fingerprint density at radius 1 is 1.12 bits per heavy atom. The molecular formula is C24H26F3N3O2S. The van der Waals surface area contributed by atoms with Gasteiger partial charge in [-0.25, -0.2) is 4.98 Å². The average molecular weight is 478 g/mol. The summed E-state index contributed by atoms with van der Waals surface area (Å²) in [6.07, 6.45) is -3.72. The minimum Gasteiger partial charge on any atom is -0.379 e. The molecule has 5 nitrogen and oxygen atoms in total. The van der Waals surface area contributed by atoms with Crippen molar-refractivity contribution in [2.75, 3.05) is 44.3 Å². The average Bonchev–Trinajstić information content (AvgIpc) is 3.19. The molecule has 176 valence electrons. The first-order valence-electron chi connectivity index (χ1n) is 10.9. The van der Waals surface area contributed by atoms with Gasteiger partial charge in [0, 0.05) is 31.7 Å². The summed E-state index contributed by atoms with van der Waals surface area (Å²) in [6, 6.07) is 8.43. The maximum atomic E-state index is 13.4. The Labute approximate surface area is 194 Å². The minimum atomic E-state index is -4.44. The molecule has 1 aliphatic rings. The molecular weight excluding hydrogens is 451 g/mol. The monoisotopic (exact) mass is 477 g/mol. The second-order valence-corrected chi connectivity index (χ2v) is 9.25. The van der Waals surface area contributed by atoms with E-state index >= 15 is 0 Å². The maximum Gasteiger partial charge on any atom is 0.416 e. The summed E-state index contributed by atoms with van der Waals surface area (Å²) in [5.74, 6) is -0.349. The van der Waals surface area contributed by atoms with E-state index in [0.29, 0.717) is 24.9 Å². The highest BCUT2D eigenvalue weighted by Gasteiger charge is 2.31. The van der Waals surface area contributed by atoms with Crippen LogP contribution < -0.4 is 4.90 Å². The van der Waals surface area contributed by atoms with E-state index < -0.39 is 11.7 Å². The molecule has 1 saturated heterocycles. The Balaban J connectivity index is 1.59. The number of rotatable bonds is 6. The Kier molecular flexibility index (Phi) is 7.02. The molecule has 1 aliphatic heterocycles. The Morgan fingerprint density at radius 3 is 2.45 bits per heavy atom. The highest BCUT2D eigenvalue weighted by molar-refractivity contribution is 7.22. The van der Waals surface area contributed by atoms with Gasteiger partial charge < -0.3 is 4.74 Å². The highest BCUT2D eigenvalue weighted by Crippen LogP contribution is 2.33. The minimum absolute atomic E-state index is 0.209. The summed E-state index contributed by atoms with van der Waals surface area (Å²) in [6.45, 7) is 8.38. The first-order chi connectivity index (χ1) is 15.7. The van der Waals surface area contributed by atoms with Crippen molar-refractivity contribution in [1.29, 1.82) is 0 Å². The summed E-state index contributed by atoms with van der Waals surface area (Å²) < 4.78 is 45.2. The number of carbonyl (C=O) groups excluding carboxylic acids is 1. The van der Waals surface area contributed by atoms with Crippen LogP contribution in [0, 0.1) is 13.8 Å². The predicted octanol–water partition coefficient (Wildman–Crippen LogP) is 5.30. The van der Waals surface area contributed by atoms with Crippen molar-refractivity contribution >= 4 is 32.6 Å². The lowest BCUT2D eigenvalue weighted by molar-refractivity contribution is -0.137. The Morgan fingerprint density at radius 2 is 1.79 bits per heavy atom. The zero-order chi connectivity index (χ0) is 23.6. The molecule has 4 rings (SSSR count). The molecule has 2 aromatic carbocycles. The van der Waals surface area contributed by atoms with Crippen molar-refractivity contribution in [3.05, 3.63) is 58.7 Å². The molecule has 0 saturated carbocycles. The van der Waals surface area contributed by atoms with Gasteiger partial charge in [-0.3, -0.25) is 14.6 Å². The summed E-state index contributed by atoms with van der Waals surface area (Å²) in [7, 11) is 0. The number of halogens is 3. The van der Waals surface area contributed by atoms with Crippen LogP contribution in [0.3, 0.4) is 0 Å². The second kappa shape index (κ2) is 9.79. The van der Waals surface area contributed by atoms with Crippen molar-refractivity contribution in [3.63, 3.8) is 0 Å². The van der Waals surface area contributed by atoms with Crippen LogP contribution in [-0.2, 0) is 10.9 Å². The van der Waals surface area contributed by atoms with E-state index in [1.165, 1.54) is 23.5 Å². The molecule has 0 bridgehead atoms. The molecule has 0 aliphatic carbocycles. The van der Waals surface area contributed by atoms with Gasteiger partial charge >= 0.3 is 6.18 Å². The van der Waals surface area contributed by atoms with Crippen molar-refractivity contribution in [2.45, 2.75) is 26.4 Å². The predicted molar refractivity (Wildman–Crippen MR) is 124 cm³/mol. The molecule has 3 aromatic rings. The number of nitrogens with zero attached hydrogens (tertiary/aromatic N) is 3. The fraction of sp³-hybridized carbons (Fsp3) is 0.417. The van der Waals surface area contributed by atoms with E-state index in [4.69, 9.17) is 9.72 Å². The van der Waals surface area contributed by atoms with E-state index in [9.17, 15) is 18.0 Å². The first-order valence-corrected chi connectivity index (χ1v) is 11.7. The van der Waals surface area contributed by atoms with Crippen LogP contribution in [0.15, 0.2) is 36.4 Å². The Bertz CT molecular complexity index is 1080. The molecule has 0 unspecified atom stereocenters. The topological polar surface area (TPSA) is 45.7 Å². The molecule has 0 radical (unpaired) electrons. The zero-order valence-electron chi connectivity index (χ0n) is 18.6. The quantitative estimate of drug-likeness (QED) is 0.483. The molecule has 33 heavy (non-hydrogen) atoms. The lowest BCUT2D eigenvalue weighted by atomic mass is 10.1. The van der Waals surface area contributed by atoms with Crippen molar-refractivity contribution in [2.24, 2.45) is 0 Å². The number of hydrogen-bond donors (Lipinski definition) is 0. The number of aryl methyl sites for hydroxylation is 2. The number of carbonyl (C=O) groups is 1. The van der Waals surface area contributed by atoms with Crippen LogP contribution in [0.4, 0.5) is 18.3 Å². The number of fused-ring (bicyclic) bond motifs is 1. The second-order valence-electron chi connectivity index (χ2n) is 8.24. The third-order valence-corrected chi connectivity index (χ3v) is 6.93. The molecule has 1 aromatic heterocycles. The fourth-order valence-corrected chi connectivity index (χ4v) is 4.87. The number of morpholine rings is 1. The van der Waals surface area contributed by atoms with Crippen LogP contribution in [0.1, 0.15) is 33.5 Å². The van der Waals surface area contributed by atoms with Gasteiger partial charge in [-0.2, -0.15) is 13.2 Å². The number of alkyl halides is 3. The first kappa shape index (κ1) is 23.7. The van der Waals surface area contributed by atoms with E-state index in [1.807, 2.05) is 19.9 Å². The number of thiazole rings is 1. The van der Waals surface area contributed by atoms with Gasteiger partial charge in [-0.05, 0) is 67.8 Å². The summed E-state index contributed by atoms with van der Waals surface area (Å²) in [5, 5.41) is 0.557. The van der Waals surface area contributed by atoms with Crippen LogP contribution in [0.25, 0.3) is 10.2 Å². The zero-order valence-corrected chi connectivity index (χ0v) is 19.4. The summed E-state index contributed by atoms with van der Waals surface area (Å²) >= 11 is 1.43. The lowest BCUT2D eigenvalue weighted by Crippen LogP contribution is -2.39. The third-order valence-electron chi connectivity index (χ3n) is 5.89. The third kappa shape index (κ3) is 5.54. The lowest BCUT2D eigenvalue weighted by Gasteiger charge is -2.27. The number of benzene rings is 2. The highest BCUT2D eigenvalue weighted by atomic mass is 32.1. The van der Waals surface area contributed by atoms with Gasteiger partial charge in [0.1, 0.15) is 0 Å². The van der Waals surface area contributed by atoms with Gasteiger partial charge in [0.2, 0.25) is 0 Å². The maximum absolute atomic E-state index is 13.4. The summed E-state index contributed by atoms with van der Waals surface area (Å²) in [5.41, 5.74) is 2.51. The van der Waals surface area contributed by atoms with E-state index in [1.54, 1.807) is 4.90 Å². The summed E-state index contributed by atoms with van der Waals surface area (Å²) in [4.78, 5) is 22.0. The SMILES string of the molecule is Cc1cc2nc(N(CCCN3CCOCC3)C(=O)c3ccc(C(F)(F)F)cc3)sc2cc1C. The van der Waals surface area contributed by atoms with E-state index in [-0.39, 0.29) is 11.5 Å². The van der Waals surface area contributed by atoms with Gasteiger partial charge in [-0.15, -0.1) is 0 Å². The number of aromatic nitrogens is 1. The molecule has 2 heterocycles. The number of anilines is 1.